The van der Waals surface area contributed by atoms with Gasteiger partial charge in [0, 0.05) is 18.7 Å². The molecule has 4 heteroatoms. The topological polar surface area (TPSA) is 57.6 Å². The van der Waals surface area contributed by atoms with Gasteiger partial charge in [0.15, 0.2) is 0 Å². The Morgan fingerprint density at radius 1 is 1.28 bits per heavy atom. The van der Waals surface area contributed by atoms with E-state index in [1.54, 1.807) is 17.0 Å². The zero-order valence-electron chi connectivity index (χ0n) is 10.4. The first-order chi connectivity index (χ1) is 8.58. The molecule has 1 saturated heterocycles. The Kier molecular flexibility index (Phi) is 3.65. The Morgan fingerprint density at radius 2 is 1.94 bits per heavy atom. The maximum Gasteiger partial charge on any atom is 0.308 e. The third-order valence-electron chi connectivity index (χ3n) is 3.36. The van der Waals surface area contributed by atoms with Crippen LogP contribution in [0.4, 0.5) is 0 Å². The lowest BCUT2D eigenvalue weighted by atomic mass is 9.97. The number of rotatable bonds is 2. The molecule has 1 atom stereocenters. The maximum absolute atomic E-state index is 12.2. The number of hydrogen-bond donors (Lipinski definition) is 1. The highest BCUT2D eigenvalue weighted by Crippen LogP contribution is 2.19. The summed E-state index contributed by atoms with van der Waals surface area (Å²) in [6.45, 7) is 2.94. The minimum atomic E-state index is -0.809. The molecular formula is C14H17NO3. The standard InChI is InChI=1S/C14H17NO3/c1-10-4-6-11(7-5-10)13(16)15-8-2-3-12(9-15)14(17)18/h4-7,12H,2-3,8-9H2,1H3,(H,17,18)/t12-/m1/s1. The minimum Gasteiger partial charge on any atom is -0.481 e. The molecule has 1 N–H and O–H groups in total. The SMILES string of the molecule is Cc1ccc(C(=O)N2CCC[C@@H](C(=O)O)C2)cc1. The van der Waals surface area contributed by atoms with Crippen LogP contribution in [0.3, 0.4) is 0 Å². The van der Waals surface area contributed by atoms with Crippen molar-refractivity contribution in [3.8, 4) is 0 Å². The zero-order valence-corrected chi connectivity index (χ0v) is 10.4. The van der Waals surface area contributed by atoms with E-state index in [9.17, 15) is 9.59 Å². The summed E-state index contributed by atoms with van der Waals surface area (Å²) in [4.78, 5) is 24.8. The molecule has 4 nitrogen and oxygen atoms in total. The van der Waals surface area contributed by atoms with Gasteiger partial charge < -0.3 is 10.0 Å². The fourth-order valence-corrected chi connectivity index (χ4v) is 2.24. The molecule has 0 saturated carbocycles. The van der Waals surface area contributed by atoms with E-state index in [-0.39, 0.29) is 5.91 Å². The van der Waals surface area contributed by atoms with E-state index in [4.69, 9.17) is 5.11 Å². The number of amides is 1. The number of aryl methyl sites for hydroxylation is 1. The van der Waals surface area contributed by atoms with Crippen molar-refractivity contribution >= 4 is 11.9 Å². The van der Waals surface area contributed by atoms with E-state index in [0.29, 0.717) is 25.1 Å². The lowest BCUT2D eigenvalue weighted by molar-refractivity contribution is -0.143. The van der Waals surface area contributed by atoms with Gasteiger partial charge in [-0.1, -0.05) is 17.7 Å². The van der Waals surface area contributed by atoms with Crippen molar-refractivity contribution in [2.45, 2.75) is 19.8 Å². The van der Waals surface area contributed by atoms with E-state index in [2.05, 4.69) is 0 Å². The molecular weight excluding hydrogens is 230 g/mol. The number of likely N-dealkylation sites (tertiary alicyclic amines) is 1. The first kappa shape index (κ1) is 12.6. The van der Waals surface area contributed by atoms with Gasteiger partial charge in [0.25, 0.3) is 5.91 Å². The van der Waals surface area contributed by atoms with Gasteiger partial charge >= 0.3 is 5.97 Å². The van der Waals surface area contributed by atoms with Gasteiger partial charge in [-0.05, 0) is 31.9 Å². The van der Waals surface area contributed by atoms with Crippen LogP contribution < -0.4 is 0 Å². The highest BCUT2D eigenvalue weighted by Gasteiger charge is 2.28. The molecule has 2 rings (SSSR count). The predicted octanol–water partition coefficient (Wildman–Crippen LogP) is 1.93. The number of piperidine rings is 1. The third-order valence-corrected chi connectivity index (χ3v) is 3.36. The number of aliphatic carboxylic acids is 1. The van der Waals surface area contributed by atoms with Crippen LogP contribution in [0, 0.1) is 12.8 Å². The van der Waals surface area contributed by atoms with Gasteiger partial charge in [-0.2, -0.15) is 0 Å². The van der Waals surface area contributed by atoms with E-state index >= 15 is 0 Å². The van der Waals surface area contributed by atoms with E-state index in [1.165, 1.54) is 0 Å². The summed E-state index contributed by atoms with van der Waals surface area (Å²) < 4.78 is 0. The molecule has 0 spiro atoms. The second kappa shape index (κ2) is 5.21. The van der Waals surface area contributed by atoms with Crippen LogP contribution in [-0.2, 0) is 4.79 Å². The number of carboxylic acids is 1. The van der Waals surface area contributed by atoms with Crippen molar-refractivity contribution in [2.75, 3.05) is 13.1 Å². The highest BCUT2D eigenvalue weighted by molar-refractivity contribution is 5.94. The average Bonchev–Trinajstić information content (AvgIpc) is 2.39. The number of benzene rings is 1. The lowest BCUT2D eigenvalue weighted by Gasteiger charge is -2.30. The summed E-state index contributed by atoms with van der Waals surface area (Å²) in [6.07, 6.45) is 1.42. The summed E-state index contributed by atoms with van der Waals surface area (Å²) in [5.74, 6) is -1.30. The van der Waals surface area contributed by atoms with Crippen LogP contribution >= 0.6 is 0 Å². The number of carbonyl (C=O) groups excluding carboxylic acids is 1. The smallest absolute Gasteiger partial charge is 0.308 e. The van der Waals surface area contributed by atoms with Crippen molar-refractivity contribution < 1.29 is 14.7 Å². The molecule has 0 bridgehead atoms. The number of carboxylic acid groups (broad SMARTS) is 1. The zero-order chi connectivity index (χ0) is 13.1. The largest absolute Gasteiger partial charge is 0.481 e. The van der Waals surface area contributed by atoms with Crippen LogP contribution in [0.1, 0.15) is 28.8 Å². The summed E-state index contributed by atoms with van der Waals surface area (Å²) in [5.41, 5.74) is 1.74. The Balaban J connectivity index is 2.09. The monoisotopic (exact) mass is 247 g/mol. The Labute approximate surface area is 106 Å². The predicted molar refractivity (Wildman–Crippen MR) is 67.4 cm³/mol. The summed E-state index contributed by atoms with van der Waals surface area (Å²) >= 11 is 0. The van der Waals surface area contributed by atoms with Crippen molar-refractivity contribution in [2.24, 2.45) is 5.92 Å². The third kappa shape index (κ3) is 2.70. The van der Waals surface area contributed by atoms with Crippen LogP contribution in [0.2, 0.25) is 0 Å². The van der Waals surface area contributed by atoms with E-state index in [0.717, 1.165) is 12.0 Å². The van der Waals surface area contributed by atoms with Crippen LogP contribution in [0.15, 0.2) is 24.3 Å². The second-order valence-corrected chi connectivity index (χ2v) is 4.79. The molecule has 1 aliphatic heterocycles. The first-order valence-corrected chi connectivity index (χ1v) is 6.16. The fourth-order valence-electron chi connectivity index (χ4n) is 2.24. The molecule has 0 unspecified atom stereocenters. The van der Waals surface area contributed by atoms with E-state index in [1.807, 2.05) is 19.1 Å². The summed E-state index contributed by atoms with van der Waals surface area (Å²) in [7, 11) is 0. The van der Waals surface area contributed by atoms with Crippen molar-refractivity contribution in [3.63, 3.8) is 0 Å². The molecule has 18 heavy (non-hydrogen) atoms. The molecule has 0 aliphatic carbocycles. The van der Waals surface area contributed by atoms with Crippen molar-refractivity contribution in [3.05, 3.63) is 35.4 Å². The molecule has 1 heterocycles. The van der Waals surface area contributed by atoms with Gasteiger partial charge in [-0.3, -0.25) is 9.59 Å². The molecule has 96 valence electrons. The molecule has 1 aromatic rings. The molecule has 1 aliphatic rings. The Bertz CT molecular complexity index is 453. The van der Waals surface area contributed by atoms with Crippen molar-refractivity contribution in [1.29, 1.82) is 0 Å². The van der Waals surface area contributed by atoms with Crippen LogP contribution in [-0.4, -0.2) is 35.0 Å². The molecule has 1 amide bonds. The van der Waals surface area contributed by atoms with Gasteiger partial charge in [0.1, 0.15) is 0 Å². The molecule has 0 aromatic heterocycles. The minimum absolute atomic E-state index is 0.0686. The second-order valence-electron chi connectivity index (χ2n) is 4.79. The summed E-state index contributed by atoms with van der Waals surface area (Å²) in [6, 6.07) is 7.38. The average molecular weight is 247 g/mol. The first-order valence-electron chi connectivity index (χ1n) is 6.16. The van der Waals surface area contributed by atoms with Gasteiger partial charge in [0.05, 0.1) is 5.92 Å². The van der Waals surface area contributed by atoms with Gasteiger partial charge in [0.2, 0.25) is 0 Å². The summed E-state index contributed by atoms with van der Waals surface area (Å²) in [5, 5.41) is 9.01. The van der Waals surface area contributed by atoms with Crippen molar-refractivity contribution in [1.82, 2.24) is 4.90 Å². The highest BCUT2D eigenvalue weighted by atomic mass is 16.4. The number of hydrogen-bond acceptors (Lipinski definition) is 2. The molecule has 1 aromatic carbocycles. The molecule has 1 fully saturated rings. The fraction of sp³-hybridized carbons (Fsp3) is 0.429. The molecule has 0 radical (unpaired) electrons. The maximum atomic E-state index is 12.2. The van der Waals surface area contributed by atoms with Crippen LogP contribution in [0.25, 0.3) is 0 Å². The van der Waals surface area contributed by atoms with Gasteiger partial charge in [-0.15, -0.1) is 0 Å². The quantitative estimate of drug-likeness (QED) is 0.868. The Hall–Kier alpha value is -1.84. The van der Waals surface area contributed by atoms with E-state index < -0.39 is 11.9 Å². The number of carbonyl (C=O) groups is 2. The number of nitrogens with zero attached hydrogens (tertiary/aromatic N) is 1. The van der Waals surface area contributed by atoms with Gasteiger partial charge in [-0.25, -0.2) is 0 Å². The normalized spacial score (nSPS) is 19.6. The lowest BCUT2D eigenvalue weighted by Crippen LogP contribution is -2.42. The van der Waals surface area contributed by atoms with Crippen LogP contribution in [0.5, 0.6) is 0 Å². The Morgan fingerprint density at radius 3 is 2.56 bits per heavy atom.